The van der Waals surface area contributed by atoms with E-state index in [9.17, 15) is 76.0 Å². The van der Waals surface area contributed by atoms with Gasteiger partial charge in [-0.05, 0) is 117 Å². The predicted octanol–water partition coefficient (Wildman–Crippen LogP) is 6.63. The van der Waals surface area contributed by atoms with Gasteiger partial charge < -0.3 is 122 Å². The summed E-state index contributed by atoms with van der Waals surface area (Å²) in [5.41, 5.74) is 31.7. The molecule has 12 aromatic rings. The summed E-state index contributed by atoms with van der Waals surface area (Å²) in [6, 6.07) is 15.9. The zero-order valence-electron chi connectivity index (χ0n) is 64.2. The van der Waals surface area contributed by atoms with E-state index < -0.39 is 138 Å². The molecule has 0 bridgehead atoms. The Bertz CT molecular complexity index is 5880. The first-order valence-electron chi connectivity index (χ1n) is 39.6. The summed E-state index contributed by atoms with van der Waals surface area (Å²) >= 11 is 0. The summed E-state index contributed by atoms with van der Waals surface area (Å²) in [6.45, 7) is 4.88. The first-order chi connectivity index (χ1) is 57.8. The van der Waals surface area contributed by atoms with E-state index >= 15 is 0 Å². The van der Waals surface area contributed by atoms with Gasteiger partial charge >= 0.3 is 0 Å². The molecule has 16 atom stereocenters. The fourth-order valence-corrected chi connectivity index (χ4v) is 18.3. The number of halogens is 8. The zero-order chi connectivity index (χ0) is 84.0. The highest BCUT2D eigenvalue weighted by molar-refractivity contribution is 5.91. The largest absolute Gasteiger partial charge is 0.487 e. The number of hydrogen-bond acceptors (Lipinski definition) is 24. The molecule has 4 fully saturated rings. The predicted molar refractivity (Wildman–Crippen MR) is 424 cm³/mol. The number of nitrogens with one attached hydrogen (secondary N) is 4. The van der Waals surface area contributed by atoms with Crippen LogP contribution in [0.4, 0.5) is 57.9 Å². The van der Waals surface area contributed by atoms with Crippen LogP contribution >= 0.6 is 0 Å². The highest BCUT2D eigenvalue weighted by atomic mass is 19.2. The molecule has 0 spiro atoms. The number of fused-ring (bicyclic) bond motifs is 8. The SMILES string of the molecule is Nc1ccnc2c1c(F)cn2[C@@H]1C[C@H](Oc2cc(F)c(F)c3c2CNCC3)[C@@H](O)[C@H]1O.Nc1ccnc2c1c(F)cn2[C@@H]1C[C@H](Oc2cc(F)cc3c2CNCC3)[C@@H](O)[C@H]1O.Nc1ccnc2c1c(F)cn2[C@@H]1C[C@H](Oc2ccc(F)c3c2CNCC3)[C@@H](O)[C@H]1O.Nc1ccnc2c1c(F)cn2[C@@H]1C[C@H](Oc2cccc3c2CNCC3)[C@@H](O)[C@H]1O. The quantitative estimate of drug-likeness (QED) is 0.0571. The highest BCUT2D eigenvalue weighted by Crippen LogP contribution is 2.45. The van der Waals surface area contributed by atoms with Gasteiger partial charge in [0.2, 0.25) is 0 Å². The summed E-state index contributed by atoms with van der Waals surface area (Å²) in [5, 5.41) is 98.7. The highest BCUT2D eigenvalue weighted by Gasteiger charge is 2.50. The maximum Gasteiger partial charge on any atom is 0.162 e. The van der Waals surface area contributed by atoms with E-state index in [1.807, 2.05) is 12.1 Å². The van der Waals surface area contributed by atoms with Crippen LogP contribution in [0.3, 0.4) is 0 Å². The molecule has 632 valence electrons. The van der Waals surface area contributed by atoms with Crippen molar-refractivity contribution in [1.82, 2.24) is 59.5 Å². The third-order valence-corrected chi connectivity index (χ3v) is 24.4. The number of benzene rings is 4. The van der Waals surface area contributed by atoms with Crippen molar-refractivity contribution >= 4 is 66.9 Å². The minimum atomic E-state index is -1.33. The maximum atomic E-state index is 14.5. The van der Waals surface area contributed by atoms with E-state index in [-0.39, 0.29) is 92.0 Å². The second-order valence-electron chi connectivity index (χ2n) is 31.5. The molecular weight excluding hydrogens is 1580 g/mol. The van der Waals surface area contributed by atoms with E-state index in [1.165, 1.54) is 111 Å². The Kier molecular flexibility index (Phi) is 22.5. The van der Waals surface area contributed by atoms with Gasteiger partial charge in [-0.25, -0.2) is 55.1 Å². The summed E-state index contributed by atoms with van der Waals surface area (Å²) in [7, 11) is 0. The fourth-order valence-electron chi connectivity index (χ4n) is 18.3. The van der Waals surface area contributed by atoms with Gasteiger partial charge in [-0.2, -0.15) is 0 Å². The number of nitrogens with zero attached hydrogens (tertiary/aromatic N) is 8. The molecule has 36 heteroatoms. The number of nitrogen functional groups attached to an aromatic ring is 4. The molecule has 4 aromatic carbocycles. The van der Waals surface area contributed by atoms with Gasteiger partial charge in [-0.3, -0.25) is 0 Å². The molecule has 20 N–H and O–H groups in total. The molecule has 20 rings (SSSR count). The number of hydrogen-bond donors (Lipinski definition) is 16. The van der Waals surface area contributed by atoms with Gasteiger partial charge in [0.25, 0.3) is 0 Å². The van der Waals surface area contributed by atoms with Crippen molar-refractivity contribution in [2.24, 2.45) is 0 Å². The van der Waals surface area contributed by atoms with Crippen molar-refractivity contribution < 1.29 is 94.9 Å². The lowest BCUT2D eigenvalue weighted by Crippen LogP contribution is -2.35. The number of pyridine rings is 4. The Balaban J connectivity index is 0.000000114. The third kappa shape index (κ3) is 14.9. The van der Waals surface area contributed by atoms with Gasteiger partial charge in [0.15, 0.2) is 34.9 Å². The number of ether oxygens (including phenoxy) is 4. The standard InChI is InChI=1S/C21H21F3N4O3.2C21H22F2N4O3.C21H23FN4O3/c22-11-5-15(10-7-26-3-1-9(10)18(11)24)31-16-6-14(19(29)20(16)30)28-8-12(23)17-13(25)2-4-27-21(17)28;22-11-5-10-1-3-25-8-12(10)16(6-11)30-17-7-15(19(28)20(17)29)27-9-13(23)18-14(24)2-4-26-21(18)27;22-12-1-2-16(11-8-25-5-3-10(11)12)30-17-7-15(19(28)20(17)29)27-9-13(23)18-14(24)4-6-26-21(18)27;22-13-10-26(21-18(13)14(23)5-7-25-21)15-8-17(20(28)19(15)27)29-16-3-1-2-11-4-6-24-9-12(11)16/h2,4-5,8,14,16,19-20,26,29-30H,1,3,6-7H2,(H2,25,27);2,4-6,9,15,17,19-20,25,28-29H,1,3,7-8H2,(H2,24,26);1-2,4,6,9,15,17,19-20,25,28-29H,3,5,7-8H2,(H2,24,26);1-3,5,7,10,15,17,19-20,24,27-28H,4,6,8-9H2,(H2,23,25)/t14-,16+,19+,20-;3*15-,17+,19+,20-/m1111/s1. The van der Waals surface area contributed by atoms with E-state index in [1.54, 1.807) is 10.6 Å². The van der Waals surface area contributed by atoms with Gasteiger partial charge in [-0.1, -0.05) is 12.1 Å². The Morgan fingerprint density at radius 1 is 0.325 bits per heavy atom. The maximum absolute atomic E-state index is 14.5. The molecule has 12 heterocycles. The molecule has 0 saturated heterocycles. The normalized spacial score (nSPS) is 26.1. The van der Waals surface area contributed by atoms with Crippen molar-refractivity contribution in [3.63, 3.8) is 0 Å². The van der Waals surface area contributed by atoms with Crippen molar-refractivity contribution in [2.75, 3.05) is 49.1 Å². The molecule has 4 aliphatic heterocycles. The molecule has 4 saturated carbocycles. The summed E-state index contributed by atoms with van der Waals surface area (Å²) in [6.07, 6.45) is 1.36. The van der Waals surface area contributed by atoms with Crippen LogP contribution in [0.15, 0.2) is 122 Å². The molecule has 8 aromatic heterocycles. The smallest absolute Gasteiger partial charge is 0.162 e. The second kappa shape index (κ2) is 33.2. The number of anilines is 4. The topological polar surface area (TPSA) is 422 Å². The molecule has 4 aliphatic carbocycles. The van der Waals surface area contributed by atoms with E-state index in [4.69, 9.17) is 41.9 Å². The van der Waals surface area contributed by atoms with Crippen LogP contribution in [0.2, 0.25) is 0 Å². The minimum absolute atomic E-state index is 0.100. The van der Waals surface area contributed by atoms with Crippen molar-refractivity contribution in [2.45, 2.75) is 175 Å². The Morgan fingerprint density at radius 3 is 1.07 bits per heavy atom. The lowest BCUT2D eigenvalue weighted by molar-refractivity contribution is -0.0167. The van der Waals surface area contributed by atoms with Crippen molar-refractivity contribution in [3.8, 4) is 23.0 Å². The first-order valence-corrected chi connectivity index (χ1v) is 39.6. The van der Waals surface area contributed by atoms with Gasteiger partial charge in [0.1, 0.15) is 130 Å². The van der Waals surface area contributed by atoms with E-state index in [0.29, 0.717) is 105 Å². The van der Waals surface area contributed by atoms with Crippen LogP contribution in [-0.2, 0) is 51.9 Å². The van der Waals surface area contributed by atoms with Gasteiger partial charge in [0.05, 0.1) is 45.7 Å². The monoisotopic (exact) mass is 1660 g/mol. The van der Waals surface area contributed by atoms with Crippen molar-refractivity contribution in [1.29, 1.82) is 0 Å². The third-order valence-electron chi connectivity index (χ3n) is 24.4. The van der Waals surface area contributed by atoms with E-state index in [0.717, 1.165) is 47.8 Å². The minimum Gasteiger partial charge on any atom is -0.487 e. The molecule has 0 radical (unpaired) electrons. The number of aromatic nitrogens is 8. The number of rotatable bonds is 12. The lowest BCUT2D eigenvalue weighted by Gasteiger charge is -2.25. The Morgan fingerprint density at radius 2 is 0.658 bits per heavy atom. The Labute approximate surface area is 678 Å². The van der Waals surface area contributed by atoms with Crippen LogP contribution in [0.25, 0.3) is 44.1 Å². The van der Waals surface area contributed by atoms with Gasteiger partial charge in [-0.15, -0.1) is 0 Å². The fraction of sp³-hybridized carbons (Fsp3) is 0.381. The summed E-state index contributed by atoms with van der Waals surface area (Å²) in [4.78, 5) is 16.8. The summed E-state index contributed by atoms with van der Waals surface area (Å²) in [5.74, 6) is -3.15. The van der Waals surface area contributed by atoms with Crippen LogP contribution in [0.5, 0.6) is 23.0 Å². The van der Waals surface area contributed by atoms with Crippen LogP contribution in [0, 0.1) is 46.5 Å². The van der Waals surface area contributed by atoms with E-state index in [2.05, 4.69) is 47.3 Å². The average molecular weight is 1670 g/mol. The first kappa shape index (κ1) is 81.4. The number of aliphatic hydroxyl groups is 8. The molecule has 0 amide bonds. The molecule has 120 heavy (non-hydrogen) atoms. The van der Waals surface area contributed by atoms with Crippen LogP contribution < -0.4 is 63.1 Å². The summed E-state index contributed by atoms with van der Waals surface area (Å²) < 4.78 is 144. The second-order valence-corrected chi connectivity index (χ2v) is 31.5. The van der Waals surface area contributed by atoms with Gasteiger partial charge in [0, 0.05) is 164 Å². The molecule has 8 aliphatic rings. The average Bonchev–Trinajstić information content (AvgIpc) is 1.61. The Hall–Kier alpha value is -11.0. The lowest BCUT2D eigenvalue weighted by atomic mass is 9.99. The molecular formula is C84H88F8N16O12. The molecule has 0 unspecified atom stereocenters. The van der Waals surface area contributed by atoms with Crippen molar-refractivity contribution in [3.05, 3.63) is 213 Å². The zero-order valence-corrected chi connectivity index (χ0v) is 64.2. The van der Waals surface area contributed by atoms with Crippen LogP contribution in [-0.4, -0.2) is 178 Å². The number of nitrogens with two attached hydrogens (primary N) is 4. The van der Waals surface area contributed by atoms with Crippen LogP contribution in [0.1, 0.15) is 94.4 Å². The number of aliphatic hydroxyl groups excluding tert-OH is 8. The molecule has 28 nitrogen and oxygen atoms in total.